The molecule has 0 saturated heterocycles. The number of aryl methyl sites for hydroxylation is 1. The van der Waals surface area contributed by atoms with Crippen molar-refractivity contribution in [2.75, 3.05) is 11.4 Å². The number of amides is 1. The molecule has 0 aromatic heterocycles. The molecule has 4 heteroatoms. The Labute approximate surface area is 177 Å². The van der Waals surface area contributed by atoms with Crippen LogP contribution in [0.5, 0.6) is 0 Å². The van der Waals surface area contributed by atoms with Crippen molar-refractivity contribution in [2.45, 2.75) is 32.3 Å². The van der Waals surface area contributed by atoms with Gasteiger partial charge in [0.05, 0.1) is 6.42 Å². The number of hydrogen-bond acceptors (Lipinski definition) is 3. The Kier molecular flexibility index (Phi) is 5.94. The SMILES string of the molecule is C[C@@H](OC(=O)Cc1ccc(-c2ccccc2)cc1)C(=O)N1CCCc2ccccc21. The van der Waals surface area contributed by atoms with Crippen LogP contribution in [-0.2, 0) is 27.2 Å². The number of benzene rings is 3. The molecule has 0 fully saturated rings. The Morgan fingerprint density at radius 3 is 2.33 bits per heavy atom. The standard InChI is InChI=1S/C26H25NO3/c1-19(26(29)27-17-7-11-23-10-5-6-12-24(23)27)30-25(28)18-20-13-15-22(16-14-20)21-8-3-2-4-9-21/h2-6,8-10,12-16,19H,7,11,17-18H2,1H3/t19-/m1/s1. The van der Waals surface area contributed by atoms with E-state index < -0.39 is 12.1 Å². The molecule has 1 aliphatic heterocycles. The van der Waals surface area contributed by atoms with Crippen molar-refractivity contribution in [3.8, 4) is 11.1 Å². The fourth-order valence-corrected chi connectivity index (χ4v) is 3.88. The number of ether oxygens (including phenoxy) is 1. The Morgan fingerprint density at radius 2 is 1.57 bits per heavy atom. The third kappa shape index (κ3) is 4.43. The molecule has 0 unspecified atom stereocenters. The fourth-order valence-electron chi connectivity index (χ4n) is 3.88. The van der Waals surface area contributed by atoms with E-state index in [4.69, 9.17) is 4.74 Å². The van der Waals surface area contributed by atoms with E-state index in [1.54, 1.807) is 11.8 Å². The van der Waals surface area contributed by atoms with E-state index in [0.717, 1.165) is 40.8 Å². The van der Waals surface area contributed by atoms with Crippen LogP contribution in [0.2, 0.25) is 0 Å². The highest BCUT2D eigenvalue weighted by Crippen LogP contribution is 2.27. The molecule has 1 aliphatic rings. The topological polar surface area (TPSA) is 46.6 Å². The van der Waals surface area contributed by atoms with E-state index in [9.17, 15) is 9.59 Å². The quantitative estimate of drug-likeness (QED) is 0.579. The number of fused-ring (bicyclic) bond motifs is 1. The lowest BCUT2D eigenvalue weighted by molar-refractivity contribution is -0.153. The van der Waals surface area contributed by atoms with Crippen LogP contribution < -0.4 is 4.90 Å². The molecular weight excluding hydrogens is 374 g/mol. The van der Waals surface area contributed by atoms with E-state index in [-0.39, 0.29) is 12.3 Å². The summed E-state index contributed by atoms with van der Waals surface area (Å²) in [5.41, 5.74) is 5.18. The molecule has 1 amide bonds. The van der Waals surface area contributed by atoms with Crippen LogP contribution in [0, 0.1) is 0 Å². The van der Waals surface area contributed by atoms with Gasteiger partial charge >= 0.3 is 5.97 Å². The number of anilines is 1. The van der Waals surface area contributed by atoms with Crippen LogP contribution >= 0.6 is 0 Å². The largest absolute Gasteiger partial charge is 0.452 e. The molecule has 4 rings (SSSR count). The maximum atomic E-state index is 12.9. The molecule has 0 radical (unpaired) electrons. The lowest BCUT2D eigenvalue weighted by atomic mass is 10.0. The molecule has 30 heavy (non-hydrogen) atoms. The van der Waals surface area contributed by atoms with Crippen LogP contribution in [0.15, 0.2) is 78.9 Å². The highest BCUT2D eigenvalue weighted by molar-refractivity contribution is 5.98. The summed E-state index contributed by atoms with van der Waals surface area (Å²) < 4.78 is 5.47. The van der Waals surface area contributed by atoms with Crippen molar-refractivity contribution in [1.82, 2.24) is 0 Å². The second kappa shape index (κ2) is 8.95. The van der Waals surface area contributed by atoms with Crippen LogP contribution in [0.1, 0.15) is 24.5 Å². The van der Waals surface area contributed by atoms with E-state index in [1.807, 2.05) is 66.7 Å². The lowest BCUT2D eigenvalue weighted by Gasteiger charge is -2.31. The zero-order valence-electron chi connectivity index (χ0n) is 17.1. The van der Waals surface area contributed by atoms with Crippen LogP contribution in [0.25, 0.3) is 11.1 Å². The molecule has 0 N–H and O–H groups in total. The Balaban J connectivity index is 1.37. The average Bonchev–Trinajstić information content (AvgIpc) is 2.79. The van der Waals surface area contributed by atoms with Gasteiger partial charge in [-0.1, -0.05) is 72.8 Å². The molecule has 0 saturated carbocycles. The maximum Gasteiger partial charge on any atom is 0.311 e. The molecule has 1 heterocycles. The molecule has 3 aromatic carbocycles. The predicted molar refractivity (Wildman–Crippen MR) is 118 cm³/mol. The molecule has 0 aliphatic carbocycles. The normalized spacial score (nSPS) is 14.0. The van der Waals surface area contributed by atoms with E-state index in [2.05, 4.69) is 12.1 Å². The van der Waals surface area contributed by atoms with Gasteiger partial charge in [0.15, 0.2) is 6.10 Å². The van der Waals surface area contributed by atoms with Crippen molar-refractivity contribution >= 4 is 17.6 Å². The molecule has 4 nitrogen and oxygen atoms in total. The molecule has 3 aromatic rings. The van der Waals surface area contributed by atoms with Gasteiger partial charge in [0.25, 0.3) is 5.91 Å². The fraction of sp³-hybridized carbons (Fsp3) is 0.231. The number of nitrogens with zero attached hydrogens (tertiary/aromatic N) is 1. The summed E-state index contributed by atoms with van der Waals surface area (Å²) in [5, 5.41) is 0. The summed E-state index contributed by atoms with van der Waals surface area (Å²) in [7, 11) is 0. The number of esters is 1. The van der Waals surface area contributed by atoms with Gasteiger partial charge in [0, 0.05) is 12.2 Å². The van der Waals surface area contributed by atoms with Gasteiger partial charge in [0.2, 0.25) is 0 Å². The van der Waals surface area contributed by atoms with Gasteiger partial charge in [-0.3, -0.25) is 9.59 Å². The first kappa shape index (κ1) is 19.9. The summed E-state index contributed by atoms with van der Waals surface area (Å²) in [4.78, 5) is 27.1. The zero-order valence-corrected chi connectivity index (χ0v) is 17.1. The number of rotatable bonds is 5. The van der Waals surface area contributed by atoms with Crippen LogP contribution in [-0.4, -0.2) is 24.5 Å². The highest BCUT2D eigenvalue weighted by atomic mass is 16.5. The van der Waals surface area contributed by atoms with Crippen LogP contribution in [0.4, 0.5) is 5.69 Å². The predicted octanol–water partition coefficient (Wildman–Crippen LogP) is 4.81. The van der Waals surface area contributed by atoms with Crippen molar-refractivity contribution in [3.05, 3.63) is 90.0 Å². The highest BCUT2D eigenvalue weighted by Gasteiger charge is 2.28. The third-order valence-electron chi connectivity index (χ3n) is 5.44. The molecule has 0 bridgehead atoms. The van der Waals surface area contributed by atoms with Crippen LogP contribution in [0.3, 0.4) is 0 Å². The van der Waals surface area contributed by atoms with Crippen molar-refractivity contribution in [2.24, 2.45) is 0 Å². The molecule has 1 atom stereocenters. The van der Waals surface area contributed by atoms with E-state index in [1.165, 1.54) is 0 Å². The minimum atomic E-state index is -0.813. The first-order valence-corrected chi connectivity index (χ1v) is 10.3. The number of para-hydroxylation sites is 1. The summed E-state index contributed by atoms with van der Waals surface area (Å²) in [6.07, 6.45) is 1.21. The minimum absolute atomic E-state index is 0.142. The van der Waals surface area contributed by atoms with E-state index >= 15 is 0 Å². The number of carbonyl (C=O) groups is 2. The Hall–Kier alpha value is -3.40. The molecule has 152 valence electrons. The third-order valence-corrected chi connectivity index (χ3v) is 5.44. The lowest BCUT2D eigenvalue weighted by Crippen LogP contribution is -2.42. The van der Waals surface area contributed by atoms with Gasteiger partial charge < -0.3 is 9.64 Å². The van der Waals surface area contributed by atoms with Crippen molar-refractivity contribution in [1.29, 1.82) is 0 Å². The maximum absolute atomic E-state index is 12.9. The smallest absolute Gasteiger partial charge is 0.311 e. The monoisotopic (exact) mass is 399 g/mol. The summed E-state index contributed by atoms with van der Waals surface area (Å²) in [6.45, 7) is 2.30. The Morgan fingerprint density at radius 1 is 0.900 bits per heavy atom. The second-order valence-corrected chi connectivity index (χ2v) is 7.59. The van der Waals surface area contributed by atoms with E-state index in [0.29, 0.717) is 6.54 Å². The van der Waals surface area contributed by atoms with Crippen molar-refractivity contribution in [3.63, 3.8) is 0 Å². The summed E-state index contributed by atoms with van der Waals surface area (Å²) >= 11 is 0. The first-order chi connectivity index (χ1) is 14.6. The van der Waals surface area contributed by atoms with Gasteiger partial charge in [-0.05, 0) is 48.1 Å². The Bertz CT molecular complexity index is 1030. The van der Waals surface area contributed by atoms with Crippen molar-refractivity contribution < 1.29 is 14.3 Å². The van der Waals surface area contributed by atoms with Gasteiger partial charge in [0.1, 0.15) is 0 Å². The van der Waals surface area contributed by atoms with Gasteiger partial charge in [-0.15, -0.1) is 0 Å². The number of carbonyl (C=O) groups excluding carboxylic acids is 2. The number of hydrogen-bond donors (Lipinski definition) is 0. The summed E-state index contributed by atoms with van der Waals surface area (Å²) in [5.74, 6) is -0.566. The minimum Gasteiger partial charge on any atom is -0.452 e. The van der Waals surface area contributed by atoms with Gasteiger partial charge in [-0.2, -0.15) is 0 Å². The molecular formula is C26H25NO3. The molecule has 0 spiro atoms. The summed E-state index contributed by atoms with van der Waals surface area (Å²) in [6, 6.07) is 25.9. The zero-order chi connectivity index (χ0) is 20.9. The average molecular weight is 399 g/mol. The van der Waals surface area contributed by atoms with Gasteiger partial charge in [-0.25, -0.2) is 0 Å². The first-order valence-electron chi connectivity index (χ1n) is 10.3. The second-order valence-electron chi connectivity index (χ2n) is 7.59.